The summed E-state index contributed by atoms with van der Waals surface area (Å²) in [7, 11) is 0. The van der Waals surface area contributed by atoms with E-state index in [1.165, 1.54) is 5.56 Å². The number of fused-ring (bicyclic) bond motifs is 1. The molecule has 0 atom stereocenters. The van der Waals surface area contributed by atoms with Crippen LogP contribution in [0, 0.1) is 0 Å². The number of carbonyl (C=O) groups excluding carboxylic acids is 2. The van der Waals surface area contributed by atoms with E-state index in [2.05, 4.69) is 6.07 Å². The SMILES string of the molecule is NC(=O)c1ccccc1C(=O)N1CCCCc2ccccc21. The van der Waals surface area contributed by atoms with Crippen molar-refractivity contribution in [2.24, 2.45) is 5.73 Å². The topological polar surface area (TPSA) is 63.4 Å². The number of rotatable bonds is 2. The largest absolute Gasteiger partial charge is 0.366 e. The van der Waals surface area contributed by atoms with Gasteiger partial charge in [0.2, 0.25) is 5.91 Å². The molecule has 0 saturated carbocycles. The average Bonchev–Trinajstić information content (AvgIpc) is 2.76. The first kappa shape index (κ1) is 14.3. The molecule has 0 spiro atoms. The van der Waals surface area contributed by atoms with Crippen molar-refractivity contribution in [2.75, 3.05) is 11.4 Å². The van der Waals surface area contributed by atoms with E-state index in [1.807, 2.05) is 18.2 Å². The highest BCUT2D eigenvalue weighted by Crippen LogP contribution is 2.28. The highest BCUT2D eigenvalue weighted by molar-refractivity contribution is 6.13. The summed E-state index contributed by atoms with van der Waals surface area (Å²) in [6.07, 6.45) is 2.97. The maximum absolute atomic E-state index is 13.0. The molecule has 2 N–H and O–H groups in total. The zero-order valence-corrected chi connectivity index (χ0v) is 12.3. The predicted octanol–water partition coefficient (Wildman–Crippen LogP) is 2.77. The van der Waals surface area contributed by atoms with Gasteiger partial charge in [0.1, 0.15) is 0 Å². The van der Waals surface area contributed by atoms with Crippen molar-refractivity contribution >= 4 is 17.5 Å². The standard InChI is InChI=1S/C18H18N2O2/c19-17(21)14-9-2-3-10-15(14)18(22)20-12-6-5-8-13-7-1-4-11-16(13)20/h1-4,7,9-11H,5-6,8,12H2,(H2,19,21). The Kier molecular flexibility index (Phi) is 3.92. The second kappa shape index (κ2) is 6.02. The van der Waals surface area contributed by atoms with Gasteiger partial charge in [0.15, 0.2) is 0 Å². The van der Waals surface area contributed by atoms with Crippen molar-refractivity contribution in [3.8, 4) is 0 Å². The van der Waals surface area contributed by atoms with Gasteiger partial charge in [-0.3, -0.25) is 9.59 Å². The summed E-state index contributed by atoms with van der Waals surface area (Å²) in [6.45, 7) is 0.656. The summed E-state index contributed by atoms with van der Waals surface area (Å²) in [6, 6.07) is 14.7. The normalized spacial score (nSPS) is 14.1. The zero-order chi connectivity index (χ0) is 15.5. The third-order valence-electron chi connectivity index (χ3n) is 4.03. The second-order valence-corrected chi connectivity index (χ2v) is 5.45. The lowest BCUT2D eigenvalue weighted by Crippen LogP contribution is -2.33. The lowest BCUT2D eigenvalue weighted by molar-refractivity contribution is 0.0960. The van der Waals surface area contributed by atoms with Gasteiger partial charge in [0.25, 0.3) is 5.91 Å². The van der Waals surface area contributed by atoms with E-state index in [4.69, 9.17) is 5.73 Å². The lowest BCUT2D eigenvalue weighted by atomic mass is 10.0. The van der Waals surface area contributed by atoms with Gasteiger partial charge in [-0.25, -0.2) is 0 Å². The molecule has 1 aliphatic heterocycles. The maximum Gasteiger partial charge on any atom is 0.259 e. The molecule has 1 aliphatic rings. The first-order valence-corrected chi connectivity index (χ1v) is 7.47. The van der Waals surface area contributed by atoms with Crippen LogP contribution in [0.3, 0.4) is 0 Å². The van der Waals surface area contributed by atoms with Crippen LogP contribution in [0.4, 0.5) is 5.69 Å². The first-order chi connectivity index (χ1) is 10.7. The molecule has 2 aromatic carbocycles. The Morgan fingerprint density at radius 1 is 0.909 bits per heavy atom. The molecule has 4 nitrogen and oxygen atoms in total. The third kappa shape index (κ3) is 2.60. The summed E-state index contributed by atoms with van der Waals surface area (Å²) in [5, 5.41) is 0. The van der Waals surface area contributed by atoms with Crippen molar-refractivity contribution in [3.63, 3.8) is 0 Å². The molecule has 2 amide bonds. The van der Waals surface area contributed by atoms with E-state index in [9.17, 15) is 9.59 Å². The fourth-order valence-electron chi connectivity index (χ4n) is 2.93. The van der Waals surface area contributed by atoms with Gasteiger partial charge in [-0.2, -0.15) is 0 Å². The first-order valence-electron chi connectivity index (χ1n) is 7.47. The number of anilines is 1. The predicted molar refractivity (Wildman–Crippen MR) is 86.0 cm³/mol. The van der Waals surface area contributed by atoms with Gasteiger partial charge < -0.3 is 10.6 Å². The molecule has 0 bridgehead atoms. The van der Waals surface area contributed by atoms with Gasteiger partial charge in [-0.1, -0.05) is 30.3 Å². The molecule has 4 heteroatoms. The number of benzene rings is 2. The molecule has 0 saturated heterocycles. The summed E-state index contributed by atoms with van der Waals surface area (Å²) in [5.74, 6) is -0.740. The second-order valence-electron chi connectivity index (χ2n) is 5.45. The van der Waals surface area contributed by atoms with Crippen LogP contribution in [-0.4, -0.2) is 18.4 Å². The summed E-state index contributed by atoms with van der Waals surface area (Å²) in [5.41, 5.74) is 8.14. The van der Waals surface area contributed by atoms with E-state index in [-0.39, 0.29) is 11.5 Å². The number of para-hydroxylation sites is 1. The molecule has 0 radical (unpaired) electrons. The Bertz CT molecular complexity index is 725. The molecule has 0 fully saturated rings. The Labute approximate surface area is 129 Å². The van der Waals surface area contributed by atoms with Gasteiger partial charge in [0, 0.05) is 12.2 Å². The van der Waals surface area contributed by atoms with Crippen LogP contribution in [0.15, 0.2) is 48.5 Å². The minimum atomic E-state index is -0.577. The number of primary amides is 1. The van der Waals surface area contributed by atoms with Gasteiger partial charge in [-0.05, 0) is 43.0 Å². The quantitative estimate of drug-likeness (QED) is 0.925. The van der Waals surface area contributed by atoms with Gasteiger partial charge in [-0.15, -0.1) is 0 Å². The van der Waals surface area contributed by atoms with Gasteiger partial charge >= 0.3 is 0 Å². The third-order valence-corrected chi connectivity index (χ3v) is 4.03. The average molecular weight is 294 g/mol. The van der Waals surface area contributed by atoms with Crippen LogP contribution >= 0.6 is 0 Å². The number of carbonyl (C=O) groups is 2. The monoisotopic (exact) mass is 294 g/mol. The van der Waals surface area contributed by atoms with Crippen LogP contribution in [0.5, 0.6) is 0 Å². The highest BCUT2D eigenvalue weighted by Gasteiger charge is 2.24. The van der Waals surface area contributed by atoms with E-state index in [1.54, 1.807) is 29.2 Å². The summed E-state index contributed by atoms with van der Waals surface area (Å²) in [4.78, 5) is 26.3. The molecule has 22 heavy (non-hydrogen) atoms. The number of hydrogen-bond donors (Lipinski definition) is 1. The number of hydrogen-bond acceptors (Lipinski definition) is 2. The van der Waals surface area contributed by atoms with Crippen molar-refractivity contribution in [2.45, 2.75) is 19.3 Å². The van der Waals surface area contributed by atoms with Crippen LogP contribution in [0.25, 0.3) is 0 Å². The Morgan fingerprint density at radius 2 is 1.59 bits per heavy atom. The molecule has 1 heterocycles. The van der Waals surface area contributed by atoms with E-state index in [0.717, 1.165) is 24.9 Å². The minimum Gasteiger partial charge on any atom is -0.366 e. The fourth-order valence-corrected chi connectivity index (χ4v) is 2.93. The zero-order valence-electron chi connectivity index (χ0n) is 12.3. The molecule has 0 aliphatic carbocycles. The van der Waals surface area contributed by atoms with Crippen molar-refractivity contribution in [1.29, 1.82) is 0 Å². The Hall–Kier alpha value is -2.62. The maximum atomic E-state index is 13.0. The molecule has 0 aromatic heterocycles. The van der Waals surface area contributed by atoms with E-state index < -0.39 is 5.91 Å². The van der Waals surface area contributed by atoms with Crippen molar-refractivity contribution in [1.82, 2.24) is 0 Å². The number of nitrogens with two attached hydrogens (primary N) is 1. The van der Waals surface area contributed by atoms with Crippen LogP contribution in [0.2, 0.25) is 0 Å². The number of amides is 2. The number of aryl methyl sites for hydroxylation is 1. The highest BCUT2D eigenvalue weighted by atomic mass is 16.2. The van der Waals surface area contributed by atoms with E-state index >= 15 is 0 Å². The van der Waals surface area contributed by atoms with E-state index in [0.29, 0.717) is 12.1 Å². The molecule has 3 rings (SSSR count). The van der Waals surface area contributed by atoms with Crippen molar-refractivity contribution in [3.05, 3.63) is 65.2 Å². The minimum absolute atomic E-state index is 0.163. The summed E-state index contributed by atoms with van der Waals surface area (Å²) < 4.78 is 0. The molecular formula is C18H18N2O2. The molecule has 112 valence electrons. The van der Waals surface area contributed by atoms with Crippen LogP contribution in [-0.2, 0) is 6.42 Å². The smallest absolute Gasteiger partial charge is 0.259 e. The molecular weight excluding hydrogens is 276 g/mol. The number of nitrogens with zero attached hydrogens (tertiary/aromatic N) is 1. The molecule has 2 aromatic rings. The van der Waals surface area contributed by atoms with Crippen LogP contribution in [0.1, 0.15) is 39.1 Å². The van der Waals surface area contributed by atoms with Gasteiger partial charge in [0.05, 0.1) is 11.1 Å². The van der Waals surface area contributed by atoms with Crippen LogP contribution < -0.4 is 10.6 Å². The Balaban J connectivity index is 2.04. The summed E-state index contributed by atoms with van der Waals surface area (Å²) >= 11 is 0. The Morgan fingerprint density at radius 3 is 2.36 bits per heavy atom. The fraction of sp³-hybridized carbons (Fsp3) is 0.222. The molecule has 0 unspecified atom stereocenters. The van der Waals surface area contributed by atoms with Crippen molar-refractivity contribution < 1.29 is 9.59 Å². The lowest BCUT2D eigenvalue weighted by Gasteiger charge is -2.23.